The van der Waals surface area contributed by atoms with Crippen LogP contribution in [0.5, 0.6) is 5.75 Å². The number of ether oxygens (including phenoxy) is 2. The van der Waals surface area contributed by atoms with Crippen LogP contribution in [0, 0.1) is 0 Å². The minimum absolute atomic E-state index is 0.101. The third-order valence-corrected chi connectivity index (χ3v) is 5.62. The van der Waals surface area contributed by atoms with E-state index in [0.717, 1.165) is 24.2 Å². The van der Waals surface area contributed by atoms with Gasteiger partial charge < -0.3 is 19.9 Å². The molecule has 0 spiro atoms. The molecular formula is C27H35NO3. The first kappa shape index (κ1) is 23.3. The SMILES string of the molecule is CCC(OCC(O)CNC(C)(C)Cc1ccc2ccccc2c1)c1ccccc1OC. The molecule has 3 rings (SSSR count). The molecule has 3 aromatic rings. The Labute approximate surface area is 186 Å². The third kappa shape index (κ3) is 6.54. The highest BCUT2D eigenvalue weighted by Gasteiger charge is 2.21. The Hall–Kier alpha value is -2.40. The quantitative estimate of drug-likeness (QED) is 0.442. The smallest absolute Gasteiger partial charge is 0.124 e. The summed E-state index contributed by atoms with van der Waals surface area (Å²) in [5, 5.41) is 16.5. The van der Waals surface area contributed by atoms with Crippen molar-refractivity contribution in [3.8, 4) is 5.75 Å². The monoisotopic (exact) mass is 421 g/mol. The normalized spacial score (nSPS) is 13.8. The zero-order chi connectivity index (χ0) is 22.3. The van der Waals surface area contributed by atoms with Crippen LogP contribution in [0.2, 0.25) is 0 Å². The second kappa shape index (κ2) is 10.8. The topological polar surface area (TPSA) is 50.7 Å². The van der Waals surface area contributed by atoms with E-state index in [2.05, 4.69) is 68.6 Å². The highest BCUT2D eigenvalue weighted by molar-refractivity contribution is 5.83. The van der Waals surface area contributed by atoms with Gasteiger partial charge in [-0.1, -0.05) is 67.6 Å². The minimum atomic E-state index is -0.584. The van der Waals surface area contributed by atoms with Gasteiger partial charge in [0.1, 0.15) is 5.75 Å². The van der Waals surface area contributed by atoms with Gasteiger partial charge in [-0.15, -0.1) is 0 Å². The van der Waals surface area contributed by atoms with Crippen molar-refractivity contribution in [2.24, 2.45) is 0 Å². The van der Waals surface area contributed by atoms with Crippen LogP contribution in [0.4, 0.5) is 0 Å². The molecule has 166 valence electrons. The largest absolute Gasteiger partial charge is 0.496 e. The van der Waals surface area contributed by atoms with Crippen LogP contribution in [0.3, 0.4) is 0 Å². The molecule has 0 bridgehead atoms. The summed E-state index contributed by atoms with van der Waals surface area (Å²) in [6.07, 6.45) is 1.01. The van der Waals surface area contributed by atoms with Crippen LogP contribution in [0.25, 0.3) is 10.8 Å². The van der Waals surface area contributed by atoms with Crippen molar-refractivity contribution in [2.45, 2.75) is 51.4 Å². The number of fused-ring (bicyclic) bond motifs is 1. The molecule has 0 aliphatic rings. The molecule has 0 amide bonds. The van der Waals surface area contributed by atoms with Gasteiger partial charge >= 0.3 is 0 Å². The maximum absolute atomic E-state index is 10.5. The van der Waals surface area contributed by atoms with E-state index in [9.17, 15) is 5.11 Å². The van der Waals surface area contributed by atoms with E-state index in [1.807, 2.05) is 24.3 Å². The average molecular weight is 422 g/mol. The molecule has 0 fully saturated rings. The predicted octanol–water partition coefficient (Wildman–Crippen LogP) is 5.29. The van der Waals surface area contributed by atoms with Gasteiger partial charge in [0.2, 0.25) is 0 Å². The lowest BCUT2D eigenvalue weighted by molar-refractivity contribution is -0.0141. The molecule has 2 N–H and O–H groups in total. The molecule has 4 heteroatoms. The Morgan fingerprint density at radius 3 is 2.42 bits per heavy atom. The van der Waals surface area contributed by atoms with Crippen molar-refractivity contribution in [2.75, 3.05) is 20.3 Å². The zero-order valence-electron chi connectivity index (χ0n) is 19.1. The van der Waals surface area contributed by atoms with E-state index in [-0.39, 0.29) is 18.2 Å². The van der Waals surface area contributed by atoms with Crippen LogP contribution in [-0.2, 0) is 11.2 Å². The number of hydrogen-bond donors (Lipinski definition) is 2. The summed E-state index contributed by atoms with van der Waals surface area (Å²) in [5.74, 6) is 0.818. The number of aliphatic hydroxyl groups is 1. The summed E-state index contributed by atoms with van der Waals surface area (Å²) >= 11 is 0. The second-order valence-corrected chi connectivity index (χ2v) is 8.75. The highest BCUT2D eigenvalue weighted by Crippen LogP contribution is 2.29. The van der Waals surface area contributed by atoms with Crippen molar-refractivity contribution in [3.05, 3.63) is 77.9 Å². The molecule has 0 aliphatic heterocycles. The van der Waals surface area contributed by atoms with E-state index in [1.54, 1.807) is 7.11 Å². The maximum Gasteiger partial charge on any atom is 0.124 e. The first-order valence-corrected chi connectivity index (χ1v) is 11.1. The van der Waals surface area contributed by atoms with E-state index < -0.39 is 6.10 Å². The lowest BCUT2D eigenvalue weighted by Crippen LogP contribution is -2.46. The standard InChI is InChI=1S/C27H35NO3/c1-5-25(24-12-8-9-13-26(24)30-4)31-19-23(29)18-28-27(2,3)17-20-14-15-21-10-6-7-11-22(21)16-20/h6-16,23,25,28-29H,5,17-19H2,1-4H3. The Kier molecular flexibility index (Phi) is 8.08. The molecule has 0 saturated carbocycles. The number of benzene rings is 3. The van der Waals surface area contributed by atoms with Gasteiger partial charge in [0, 0.05) is 17.6 Å². The van der Waals surface area contributed by atoms with Crippen LogP contribution in [0.15, 0.2) is 66.7 Å². The van der Waals surface area contributed by atoms with Gasteiger partial charge in [-0.3, -0.25) is 0 Å². The van der Waals surface area contributed by atoms with Gasteiger partial charge in [0.25, 0.3) is 0 Å². The van der Waals surface area contributed by atoms with Gasteiger partial charge in [0.05, 0.1) is 25.9 Å². The third-order valence-electron chi connectivity index (χ3n) is 5.62. The molecule has 0 aliphatic carbocycles. The van der Waals surface area contributed by atoms with Gasteiger partial charge in [-0.25, -0.2) is 0 Å². The Morgan fingerprint density at radius 2 is 1.68 bits per heavy atom. The van der Waals surface area contributed by atoms with E-state index in [1.165, 1.54) is 16.3 Å². The molecule has 0 heterocycles. The molecule has 2 atom stereocenters. The van der Waals surface area contributed by atoms with Crippen LogP contribution < -0.4 is 10.1 Å². The first-order chi connectivity index (χ1) is 14.9. The summed E-state index contributed by atoms with van der Waals surface area (Å²) in [6.45, 7) is 7.16. The Balaban J connectivity index is 1.52. The minimum Gasteiger partial charge on any atom is -0.496 e. The summed E-state index contributed by atoms with van der Waals surface area (Å²) in [7, 11) is 1.67. The zero-order valence-corrected chi connectivity index (χ0v) is 19.1. The van der Waals surface area contributed by atoms with E-state index in [4.69, 9.17) is 9.47 Å². The summed E-state index contributed by atoms with van der Waals surface area (Å²) in [5.41, 5.74) is 2.16. The molecular weight excluding hydrogens is 386 g/mol. The second-order valence-electron chi connectivity index (χ2n) is 8.75. The fraction of sp³-hybridized carbons (Fsp3) is 0.407. The van der Waals surface area contributed by atoms with Gasteiger partial charge in [-0.05, 0) is 49.1 Å². The average Bonchev–Trinajstić information content (AvgIpc) is 2.78. The van der Waals surface area contributed by atoms with Gasteiger partial charge in [0.15, 0.2) is 0 Å². The maximum atomic E-state index is 10.5. The molecule has 31 heavy (non-hydrogen) atoms. The number of β-amino-alcohol motifs (C(OH)–C–C–N with tert-alkyl or cyclic N) is 1. The Bertz CT molecular complexity index is 969. The molecule has 0 aromatic heterocycles. The number of nitrogens with one attached hydrogen (secondary N) is 1. The van der Waals surface area contributed by atoms with E-state index in [0.29, 0.717) is 6.54 Å². The summed E-state index contributed by atoms with van der Waals surface area (Å²) in [4.78, 5) is 0. The highest BCUT2D eigenvalue weighted by atomic mass is 16.5. The van der Waals surface area contributed by atoms with Crippen molar-refractivity contribution < 1.29 is 14.6 Å². The fourth-order valence-corrected chi connectivity index (χ4v) is 3.96. The Morgan fingerprint density at radius 1 is 0.968 bits per heavy atom. The number of methoxy groups -OCH3 is 1. The summed E-state index contributed by atoms with van der Waals surface area (Å²) in [6, 6.07) is 22.9. The van der Waals surface area contributed by atoms with Gasteiger partial charge in [-0.2, -0.15) is 0 Å². The van der Waals surface area contributed by atoms with Crippen molar-refractivity contribution in [3.63, 3.8) is 0 Å². The van der Waals surface area contributed by atoms with Crippen LogP contribution in [-0.4, -0.2) is 37.0 Å². The van der Waals surface area contributed by atoms with Crippen molar-refractivity contribution in [1.82, 2.24) is 5.32 Å². The molecule has 0 saturated heterocycles. The fourth-order valence-electron chi connectivity index (χ4n) is 3.96. The number of rotatable bonds is 11. The number of hydrogen-bond acceptors (Lipinski definition) is 4. The number of aliphatic hydroxyl groups excluding tert-OH is 1. The van der Waals surface area contributed by atoms with Crippen molar-refractivity contribution in [1.29, 1.82) is 0 Å². The first-order valence-electron chi connectivity index (χ1n) is 11.1. The lowest BCUT2D eigenvalue weighted by atomic mass is 9.93. The molecule has 0 radical (unpaired) electrons. The van der Waals surface area contributed by atoms with Crippen LogP contribution >= 0.6 is 0 Å². The predicted molar refractivity (Wildman–Crippen MR) is 128 cm³/mol. The summed E-state index contributed by atoms with van der Waals surface area (Å²) < 4.78 is 11.5. The lowest BCUT2D eigenvalue weighted by Gasteiger charge is -2.29. The van der Waals surface area contributed by atoms with Crippen molar-refractivity contribution >= 4 is 10.8 Å². The molecule has 3 aromatic carbocycles. The molecule has 2 unspecified atom stereocenters. The molecule has 4 nitrogen and oxygen atoms in total. The number of para-hydroxylation sites is 1. The van der Waals surface area contributed by atoms with E-state index >= 15 is 0 Å². The van der Waals surface area contributed by atoms with Crippen LogP contribution in [0.1, 0.15) is 44.4 Å².